The molecule has 0 saturated heterocycles. The second-order valence-corrected chi connectivity index (χ2v) is 17.3. The molecule has 0 heterocycles. The zero-order valence-corrected chi connectivity index (χ0v) is 35.8. The van der Waals surface area contributed by atoms with Gasteiger partial charge in [-0.25, -0.2) is 0 Å². The summed E-state index contributed by atoms with van der Waals surface area (Å²) in [7, 11) is 0. The van der Waals surface area contributed by atoms with Gasteiger partial charge < -0.3 is 5.11 Å². The molecule has 302 valence electrons. The molecule has 0 aliphatic carbocycles. The SMILES string of the molecule is CCCCCCCCCCCCCCCCCC(O)(CCCCCCCCCCCCCCC)CCCCCCCCCCCCCCCC. The van der Waals surface area contributed by atoms with Gasteiger partial charge in [-0.1, -0.05) is 290 Å². The van der Waals surface area contributed by atoms with Gasteiger partial charge in [0, 0.05) is 0 Å². The molecule has 0 aromatic rings. The van der Waals surface area contributed by atoms with Crippen molar-refractivity contribution >= 4 is 0 Å². The summed E-state index contributed by atoms with van der Waals surface area (Å²) in [6.07, 6.45) is 62.4. The van der Waals surface area contributed by atoms with Crippen LogP contribution in [0.15, 0.2) is 0 Å². The van der Waals surface area contributed by atoms with E-state index in [1.165, 1.54) is 270 Å². The Morgan fingerprint density at radius 1 is 0.200 bits per heavy atom. The summed E-state index contributed by atoms with van der Waals surface area (Å²) < 4.78 is 0. The van der Waals surface area contributed by atoms with Gasteiger partial charge >= 0.3 is 0 Å². The summed E-state index contributed by atoms with van der Waals surface area (Å²) in [5.41, 5.74) is -0.383. The summed E-state index contributed by atoms with van der Waals surface area (Å²) in [6, 6.07) is 0. The molecule has 50 heavy (non-hydrogen) atoms. The van der Waals surface area contributed by atoms with Gasteiger partial charge in [0.2, 0.25) is 0 Å². The quantitative estimate of drug-likeness (QED) is 0.0626. The fourth-order valence-corrected chi connectivity index (χ4v) is 8.32. The van der Waals surface area contributed by atoms with E-state index in [9.17, 15) is 5.11 Å². The second kappa shape index (κ2) is 43.4. The van der Waals surface area contributed by atoms with E-state index in [0.29, 0.717) is 0 Å². The predicted octanol–water partition coefficient (Wildman–Crippen LogP) is 18.3. The summed E-state index contributed by atoms with van der Waals surface area (Å²) in [6.45, 7) is 6.93. The topological polar surface area (TPSA) is 20.2 Å². The molecule has 0 aliphatic rings. The zero-order valence-electron chi connectivity index (χ0n) is 35.8. The average molecular weight is 705 g/mol. The maximum atomic E-state index is 11.8. The van der Waals surface area contributed by atoms with Crippen LogP contribution in [0.25, 0.3) is 0 Å². The number of aliphatic hydroxyl groups is 1. The van der Waals surface area contributed by atoms with Gasteiger partial charge in [0.1, 0.15) is 0 Å². The van der Waals surface area contributed by atoms with E-state index >= 15 is 0 Å². The number of hydrogen-bond acceptors (Lipinski definition) is 1. The highest BCUT2D eigenvalue weighted by atomic mass is 16.3. The molecule has 0 radical (unpaired) electrons. The Bertz CT molecular complexity index is 586. The summed E-state index contributed by atoms with van der Waals surface area (Å²) >= 11 is 0. The number of rotatable bonds is 45. The minimum absolute atomic E-state index is 0.383. The van der Waals surface area contributed by atoms with Gasteiger partial charge in [0.05, 0.1) is 5.60 Å². The Kier molecular flexibility index (Phi) is 43.3. The molecular formula is C49H100O. The van der Waals surface area contributed by atoms with E-state index in [0.717, 1.165) is 19.3 Å². The summed E-state index contributed by atoms with van der Waals surface area (Å²) in [5.74, 6) is 0. The first-order valence-electron chi connectivity index (χ1n) is 24.4. The molecule has 1 nitrogen and oxygen atoms in total. The minimum Gasteiger partial charge on any atom is -0.390 e. The maximum Gasteiger partial charge on any atom is 0.0647 e. The highest BCUT2D eigenvalue weighted by Crippen LogP contribution is 2.29. The van der Waals surface area contributed by atoms with Crippen molar-refractivity contribution < 1.29 is 5.11 Å². The van der Waals surface area contributed by atoms with Gasteiger partial charge in [-0.3, -0.25) is 0 Å². The monoisotopic (exact) mass is 705 g/mol. The van der Waals surface area contributed by atoms with Crippen molar-refractivity contribution in [3.05, 3.63) is 0 Å². The normalized spacial score (nSPS) is 13.0. The first kappa shape index (κ1) is 50.0. The third kappa shape index (κ3) is 40.7. The molecule has 1 heteroatoms. The van der Waals surface area contributed by atoms with Gasteiger partial charge in [-0.05, 0) is 19.3 Å². The fourth-order valence-electron chi connectivity index (χ4n) is 8.32. The first-order chi connectivity index (χ1) is 24.7. The van der Waals surface area contributed by atoms with Crippen LogP contribution in [-0.4, -0.2) is 10.7 Å². The molecule has 0 fully saturated rings. The Labute approximate surface area is 319 Å². The Balaban J connectivity index is 4.07. The van der Waals surface area contributed by atoms with Gasteiger partial charge in [0.15, 0.2) is 0 Å². The molecule has 0 spiro atoms. The van der Waals surface area contributed by atoms with Crippen molar-refractivity contribution in [3.8, 4) is 0 Å². The van der Waals surface area contributed by atoms with Crippen LogP contribution >= 0.6 is 0 Å². The van der Waals surface area contributed by atoms with Crippen molar-refractivity contribution in [3.63, 3.8) is 0 Å². The standard InChI is InChI=1S/C49H100O/c1-4-7-10-13-16-19-22-25-27-30-33-36-39-42-45-48-49(50,46-43-40-37-34-31-28-24-21-18-15-12-9-6-3)47-44-41-38-35-32-29-26-23-20-17-14-11-8-5-2/h50H,4-48H2,1-3H3. The van der Waals surface area contributed by atoms with Gasteiger partial charge in [0.25, 0.3) is 0 Å². The van der Waals surface area contributed by atoms with Gasteiger partial charge in [-0.15, -0.1) is 0 Å². The highest BCUT2D eigenvalue weighted by molar-refractivity contribution is 4.79. The summed E-state index contributed by atoms with van der Waals surface area (Å²) in [5, 5.41) is 11.8. The first-order valence-corrected chi connectivity index (χ1v) is 24.4. The lowest BCUT2D eigenvalue weighted by Crippen LogP contribution is -2.28. The Morgan fingerprint density at radius 2 is 0.320 bits per heavy atom. The number of hydrogen-bond donors (Lipinski definition) is 1. The van der Waals surface area contributed by atoms with Crippen LogP contribution in [-0.2, 0) is 0 Å². The largest absolute Gasteiger partial charge is 0.390 e. The maximum absolute atomic E-state index is 11.8. The van der Waals surface area contributed by atoms with Crippen molar-refractivity contribution in [1.29, 1.82) is 0 Å². The van der Waals surface area contributed by atoms with Crippen LogP contribution in [0.4, 0.5) is 0 Å². The van der Waals surface area contributed by atoms with Gasteiger partial charge in [-0.2, -0.15) is 0 Å². The molecule has 0 rings (SSSR count). The zero-order chi connectivity index (χ0) is 36.3. The molecular weight excluding hydrogens is 605 g/mol. The van der Waals surface area contributed by atoms with Crippen LogP contribution < -0.4 is 0 Å². The molecule has 0 aliphatic heterocycles. The van der Waals surface area contributed by atoms with E-state index < -0.39 is 0 Å². The van der Waals surface area contributed by atoms with Crippen molar-refractivity contribution in [2.24, 2.45) is 0 Å². The molecule has 1 atom stereocenters. The van der Waals surface area contributed by atoms with Crippen molar-refractivity contribution in [2.75, 3.05) is 0 Å². The Morgan fingerprint density at radius 3 is 0.460 bits per heavy atom. The van der Waals surface area contributed by atoms with Crippen LogP contribution in [0.3, 0.4) is 0 Å². The van der Waals surface area contributed by atoms with Crippen LogP contribution in [0.5, 0.6) is 0 Å². The predicted molar refractivity (Wildman–Crippen MR) is 230 cm³/mol. The van der Waals surface area contributed by atoms with Crippen LogP contribution in [0, 0.1) is 0 Å². The molecule has 0 aromatic carbocycles. The van der Waals surface area contributed by atoms with E-state index in [1.807, 2.05) is 0 Å². The van der Waals surface area contributed by atoms with Crippen molar-refractivity contribution in [1.82, 2.24) is 0 Å². The third-order valence-corrected chi connectivity index (χ3v) is 12.0. The molecule has 0 amide bonds. The lowest BCUT2D eigenvalue weighted by atomic mass is 9.85. The molecule has 0 saturated carbocycles. The Hall–Kier alpha value is -0.0400. The van der Waals surface area contributed by atoms with E-state index in [2.05, 4.69) is 20.8 Å². The molecule has 1 unspecified atom stereocenters. The molecule has 1 N–H and O–H groups in total. The number of unbranched alkanes of at least 4 members (excludes halogenated alkanes) is 39. The van der Waals surface area contributed by atoms with Crippen molar-refractivity contribution in [2.45, 2.75) is 315 Å². The van der Waals surface area contributed by atoms with Crippen LogP contribution in [0.1, 0.15) is 310 Å². The van der Waals surface area contributed by atoms with E-state index in [4.69, 9.17) is 0 Å². The summed E-state index contributed by atoms with van der Waals surface area (Å²) in [4.78, 5) is 0. The lowest BCUT2D eigenvalue weighted by Gasteiger charge is -2.29. The highest BCUT2D eigenvalue weighted by Gasteiger charge is 2.25. The lowest BCUT2D eigenvalue weighted by molar-refractivity contribution is 0.00704. The average Bonchev–Trinajstić information content (AvgIpc) is 3.12. The van der Waals surface area contributed by atoms with E-state index in [1.54, 1.807) is 0 Å². The molecule has 0 bridgehead atoms. The third-order valence-electron chi connectivity index (χ3n) is 12.0. The van der Waals surface area contributed by atoms with E-state index in [-0.39, 0.29) is 5.60 Å². The minimum atomic E-state index is -0.383. The second-order valence-electron chi connectivity index (χ2n) is 17.3. The molecule has 0 aromatic heterocycles. The van der Waals surface area contributed by atoms with Crippen LogP contribution in [0.2, 0.25) is 0 Å². The smallest absolute Gasteiger partial charge is 0.0647 e. The fraction of sp³-hybridized carbons (Fsp3) is 1.00.